The summed E-state index contributed by atoms with van der Waals surface area (Å²) in [7, 11) is 1.76. The summed E-state index contributed by atoms with van der Waals surface area (Å²) in [5.74, 6) is -1.01. The summed E-state index contributed by atoms with van der Waals surface area (Å²) in [5, 5.41) is 0. The first-order chi connectivity index (χ1) is 14.2. The van der Waals surface area contributed by atoms with E-state index in [1.807, 2.05) is 13.0 Å². The normalized spacial score (nSPS) is 26.1. The number of aromatic nitrogens is 1. The Morgan fingerprint density at radius 1 is 1.33 bits per heavy atom. The molecule has 1 aromatic heterocycles. The van der Waals surface area contributed by atoms with Crippen LogP contribution in [0.4, 0.5) is 0 Å². The molecule has 1 aliphatic heterocycles. The molecule has 0 amide bonds. The number of hydrogen-bond donors (Lipinski definition) is 0. The molecule has 30 heavy (non-hydrogen) atoms. The van der Waals surface area contributed by atoms with Gasteiger partial charge in [0.25, 0.3) is 0 Å². The zero-order valence-corrected chi connectivity index (χ0v) is 18.0. The van der Waals surface area contributed by atoms with E-state index in [1.165, 1.54) is 11.6 Å². The molecule has 6 nitrogen and oxygen atoms in total. The van der Waals surface area contributed by atoms with Crippen molar-refractivity contribution in [3.63, 3.8) is 0 Å². The molecule has 2 heterocycles. The van der Waals surface area contributed by atoms with Crippen LogP contribution < -0.4 is 0 Å². The lowest BCUT2D eigenvalue weighted by molar-refractivity contribution is -0.140. The Balaban J connectivity index is 1.77. The van der Waals surface area contributed by atoms with E-state index < -0.39 is 29.6 Å². The Morgan fingerprint density at radius 3 is 2.77 bits per heavy atom. The van der Waals surface area contributed by atoms with Gasteiger partial charge in [-0.15, -0.1) is 0 Å². The van der Waals surface area contributed by atoms with Crippen LogP contribution in [0, 0.1) is 5.41 Å². The summed E-state index contributed by atoms with van der Waals surface area (Å²) in [6.07, 6.45) is 9.52. The molecule has 3 atom stereocenters. The van der Waals surface area contributed by atoms with Gasteiger partial charge in [-0.25, -0.2) is 4.79 Å². The van der Waals surface area contributed by atoms with E-state index in [1.54, 1.807) is 36.0 Å². The SMILES string of the molecule is CC(C)=CCCC(C)=C[C@H]1OC(=O)CC12C[C@H](OC(=O)c1cccn1C)C=CC2=O. The lowest BCUT2D eigenvalue weighted by atomic mass is 9.69. The first kappa shape index (κ1) is 21.8. The molecular weight excluding hydrogens is 382 g/mol. The van der Waals surface area contributed by atoms with Crippen molar-refractivity contribution in [2.45, 2.75) is 58.7 Å². The number of rotatable bonds is 6. The van der Waals surface area contributed by atoms with Gasteiger partial charge in [0.1, 0.15) is 17.9 Å². The van der Waals surface area contributed by atoms with Crippen LogP contribution in [0.2, 0.25) is 0 Å². The molecule has 1 saturated heterocycles. The Hall–Kier alpha value is -2.89. The van der Waals surface area contributed by atoms with Gasteiger partial charge in [0.15, 0.2) is 5.78 Å². The summed E-state index contributed by atoms with van der Waals surface area (Å²) < 4.78 is 12.9. The number of carbonyl (C=O) groups excluding carboxylic acids is 3. The van der Waals surface area contributed by atoms with Crippen LogP contribution in [0.15, 0.2) is 53.8 Å². The monoisotopic (exact) mass is 411 g/mol. The number of aryl methyl sites for hydroxylation is 1. The van der Waals surface area contributed by atoms with Crippen LogP contribution in [-0.2, 0) is 26.1 Å². The van der Waals surface area contributed by atoms with E-state index in [0.717, 1.165) is 18.4 Å². The highest BCUT2D eigenvalue weighted by atomic mass is 16.6. The van der Waals surface area contributed by atoms with E-state index >= 15 is 0 Å². The van der Waals surface area contributed by atoms with Gasteiger partial charge >= 0.3 is 11.9 Å². The fourth-order valence-corrected chi connectivity index (χ4v) is 4.03. The summed E-state index contributed by atoms with van der Waals surface area (Å²) >= 11 is 0. The number of esters is 2. The number of allylic oxidation sites excluding steroid dienone is 4. The van der Waals surface area contributed by atoms with Gasteiger partial charge < -0.3 is 14.0 Å². The highest BCUT2D eigenvalue weighted by Gasteiger charge is 2.55. The molecule has 1 unspecified atom stereocenters. The van der Waals surface area contributed by atoms with Crippen LogP contribution in [0.3, 0.4) is 0 Å². The third-order valence-electron chi connectivity index (χ3n) is 5.72. The molecular formula is C24H29NO5. The van der Waals surface area contributed by atoms with E-state index in [2.05, 4.69) is 19.9 Å². The number of nitrogens with zero attached hydrogens (tertiary/aromatic N) is 1. The first-order valence-electron chi connectivity index (χ1n) is 10.3. The standard InChI is InChI=1S/C24H29NO5/c1-16(2)7-5-8-17(3)13-21-24(15-22(27)30-21)14-18(10-11-20(24)26)29-23(28)19-9-6-12-25(19)4/h6-7,9-13,18,21H,5,8,14-15H2,1-4H3/t18-,21-,24?/m1/s1. The zero-order chi connectivity index (χ0) is 21.9. The predicted octanol–water partition coefficient (Wildman–Crippen LogP) is 4.07. The molecule has 0 radical (unpaired) electrons. The molecule has 160 valence electrons. The number of hydrogen-bond acceptors (Lipinski definition) is 5. The summed E-state index contributed by atoms with van der Waals surface area (Å²) in [5.41, 5.74) is 1.72. The van der Waals surface area contributed by atoms with E-state index in [4.69, 9.17) is 9.47 Å². The highest BCUT2D eigenvalue weighted by molar-refractivity contribution is 6.00. The molecule has 1 spiro atoms. The van der Waals surface area contributed by atoms with Crippen LogP contribution in [-0.4, -0.2) is 34.5 Å². The fourth-order valence-electron chi connectivity index (χ4n) is 4.03. The minimum Gasteiger partial charge on any atom is -0.457 e. The topological polar surface area (TPSA) is 74.6 Å². The Morgan fingerprint density at radius 2 is 2.10 bits per heavy atom. The molecule has 0 aromatic carbocycles. The van der Waals surface area contributed by atoms with Gasteiger partial charge in [-0.2, -0.15) is 0 Å². The Bertz CT molecular complexity index is 931. The second-order valence-electron chi connectivity index (χ2n) is 8.45. The third-order valence-corrected chi connectivity index (χ3v) is 5.72. The van der Waals surface area contributed by atoms with Crippen LogP contribution >= 0.6 is 0 Å². The van der Waals surface area contributed by atoms with Crippen molar-refractivity contribution in [3.05, 3.63) is 59.5 Å². The molecule has 0 bridgehead atoms. The highest BCUT2D eigenvalue weighted by Crippen LogP contribution is 2.45. The fraction of sp³-hybridized carbons (Fsp3) is 0.458. The average molecular weight is 411 g/mol. The largest absolute Gasteiger partial charge is 0.457 e. The molecule has 1 fully saturated rings. The quantitative estimate of drug-likeness (QED) is 0.521. The first-order valence-corrected chi connectivity index (χ1v) is 10.3. The minimum atomic E-state index is -1.03. The molecule has 1 aromatic rings. The van der Waals surface area contributed by atoms with Crippen molar-refractivity contribution in [2.24, 2.45) is 12.5 Å². The van der Waals surface area contributed by atoms with Crippen molar-refractivity contribution >= 4 is 17.7 Å². The van der Waals surface area contributed by atoms with Crippen LogP contribution in [0.25, 0.3) is 0 Å². The van der Waals surface area contributed by atoms with Crippen molar-refractivity contribution in [1.29, 1.82) is 0 Å². The van der Waals surface area contributed by atoms with Crippen LogP contribution in [0.1, 0.15) is 56.9 Å². The van der Waals surface area contributed by atoms with Gasteiger partial charge in [-0.3, -0.25) is 9.59 Å². The van der Waals surface area contributed by atoms with E-state index in [0.29, 0.717) is 5.69 Å². The van der Waals surface area contributed by atoms with Crippen molar-refractivity contribution in [2.75, 3.05) is 0 Å². The maximum Gasteiger partial charge on any atom is 0.355 e. The molecule has 0 saturated carbocycles. The maximum absolute atomic E-state index is 12.9. The zero-order valence-electron chi connectivity index (χ0n) is 18.0. The lowest BCUT2D eigenvalue weighted by Gasteiger charge is -2.34. The summed E-state index contributed by atoms with van der Waals surface area (Å²) in [6, 6.07) is 3.44. The molecule has 0 N–H and O–H groups in total. The maximum atomic E-state index is 12.9. The van der Waals surface area contributed by atoms with Crippen molar-refractivity contribution in [1.82, 2.24) is 4.57 Å². The second kappa shape index (κ2) is 8.86. The second-order valence-corrected chi connectivity index (χ2v) is 8.45. The van der Waals surface area contributed by atoms with Gasteiger partial charge in [0.05, 0.1) is 11.8 Å². The molecule has 3 rings (SSSR count). The number of cyclic esters (lactones) is 1. The predicted molar refractivity (Wildman–Crippen MR) is 113 cm³/mol. The van der Waals surface area contributed by atoms with E-state index in [-0.39, 0.29) is 18.6 Å². The third kappa shape index (κ3) is 4.64. The van der Waals surface area contributed by atoms with Crippen molar-refractivity contribution < 1.29 is 23.9 Å². The number of carbonyl (C=O) groups is 3. The lowest BCUT2D eigenvalue weighted by Crippen LogP contribution is -2.43. The van der Waals surface area contributed by atoms with Gasteiger partial charge in [0, 0.05) is 19.7 Å². The van der Waals surface area contributed by atoms with Gasteiger partial charge in [-0.05, 0) is 64.0 Å². The minimum absolute atomic E-state index is 0.00318. The number of ketones is 1. The summed E-state index contributed by atoms with van der Waals surface area (Å²) in [4.78, 5) is 37.5. The average Bonchev–Trinajstić information content (AvgIpc) is 3.21. The number of ether oxygens (including phenoxy) is 2. The molecule has 1 aliphatic carbocycles. The molecule has 6 heteroatoms. The summed E-state index contributed by atoms with van der Waals surface area (Å²) in [6.45, 7) is 6.09. The smallest absolute Gasteiger partial charge is 0.355 e. The van der Waals surface area contributed by atoms with Gasteiger partial charge in [-0.1, -0.05) is 17.2 Å². The van der Waals surface area contributed by atoms with Crippen LogP contribution in [0.5, 0.6) is 0 Å². The van der Waals surface area contributed by atoms with E-state index in [9.17, 15) is 14.4 Å². The van der Waals surface area contributed by atoms with Crippen molar-refractivity contribution in [3.8, 4) is 0 Å². The molecule has 2 aliphatic rings. The Labute approximate surface area is 177 Å². The van der Waals surface area contributed by atoms with Gasteiger partial charge in [0.2, 0.25) is 0 Å². The Kier molecular flexibility index (Phi) is 6.44.